The Hall–Kier alpha value is -3.29. The lowest BCUT2D eigenvalue weighted by Gasteiger charge is -2.29. The van der Waals surface area contributed by atoms with Crippen LogP contribution in [-0.4, -0.2) is 43.8 Å². The maximum Gasteiger partial charge on any atom is 0.261 e. The number of fused-ring (bicyclic) bond motifs is 1. The highest BCUT2D eigenvalue weighted by Gasteiger charge is 2.27. The molecule has 2 aromatic carbocycles. The van der Waals surface area contributed by atoms with Gasteiger partial charge in [0.1, 0.15) is 0 Å². The van der Waals surface area contributed by atoms with Crippen LogP contribution < -0.4 is 5.56 Å². The highest BCUT2D eigenvalue weighted by atomic mass is 16.5. The Morgan fingerprint density at radius 1 is 1.15 bits per heavy atom. The van der Waals surface area contributed by atoms with Crippen molar-refractivity contribution in [1.29, 1.82) is 0 Å². The summed E-state index contributed by atoms with van der Waals surface area (Å²) in [7, 11) is 1.91. The smallest absolute Gasteiger partial charge is 0.261 e. The number of aliphatic hydroxyl groups is 1. The predicted octanol–water partition coefficient (Wildman–Crippen LogP) is 3.33. The number of hydrogen-bond donors (Lipinski definition) is 1. The van der Waals surface area contributed by atoms with E-state index in [9.17, 15) is 9.90 Å². The van der Waals surface area contributed by atoms with Crippen molar-refractivity contribution in [2.45, 2.75) is 38.8 Å². The zero-order valence-corrected chi connectivity index (χ0v) is 19.2. The molecule has 2 atom stereocenters. The quantitative estimate of drug-likeness (QED) is 0.522. The SMILES string of the molecule is Cc1c(Cc2ccc(-c3cnn(C)c3)cc2)cc2c(=O)n([C@H]3CCOC[C@@H]3O)cnc2c1C. The van der Waals surface area contributed by atoms with E-state index in [-0.39, 0.29) is 18.2 Å². The van der Waals surface area contributed by atoms with Crippen LogP contribution in [0.2, 0.25) is 0 Å². The minimum atomic E-state index is -0.708. The van der Waals surface area contributed by atoms with E-state index in [0.717, 1.165) is 39.8 Å². The number of hydrogen-bond acceptors (Lipinski definition) is 5. The average Bonchev–Trinajstić information content (AvgIpc) is 3.25. The van der Waals surface area contributed by atoms with Gasteiger partial charge in [-0.3, -0.25) is 14.0 Å². The standard InChI is InChI=1S/C26H28N4O3/c1-16-17(2)25-22(26(32)30(15-27-25)23-8-9-33-14-24(23)31)11-20(16)10-18-4-6-19(7-5-18)21-12-28-29(3)13-21/h4-7,11-13,15,23-24,31H,8-10,14H2,1-3H3/t23-,24-/m0/s1. The lowest BCUT2D eigenvalue weighted by atomic mass is 9.94. The minimum absolute atomic E-state index is 0.109. The fourth-order valence-corrected chi connectivity index (χ4v) is 4.67. The van der Waals surface area contributed by atoms with E-state index < -0.39 is 6.10 Å². The fourth-order valence-electron chi connectivity index (χ4n) is 4.67. The maximum absolute atomic E-state index is 13.4. The Kier molecular flexibility index (Phi) is 5.60. The molecule has 0 amide bonds. The summed E-state index contributed by atoms with van der Waals surface area (Å²) in [5.41, 5.74) is 7.28. The molecule has 170 valence electrons. The number of aromatic nitrogens is 4. The van der Waals surface area contributed by atoms with Crippen molar-refractivity contribution in [3.05, 3.63) is 81.7 Å². The van der Waals surface area contributed by atoms with Crippen molar-refractivity contribution >= 4 is 10.9 Å². The molecule has 0 bridgehead atoms. The van der Waals surface area contributed by atoms with Crippen molar-refractivity contribution in [3.63, 3.8) is 0 Å². The van der Waals surface area contributed by atoms with Crippen LogP contribution in [0.25, 0.3) is 22.0 Å². The second-order valence-corrected chi connectivity index (χ2v) is 8.91. The van der Waals surface area contributed by atoms with Gasteiger partial charge in [-0.1, -0.05) is 24.3 Å². The zero-order chi connectivity index (χ0) is 23.1. The number of ether oxygens (including phenoxy) is 1. The van der Waals surface area contributed by atoms with E-state index in [4.69, 9.17) is 4.74 Å². The van der Waals surface area contributed by atoms with Gasteiger partial charge in [0, 0.05) is 25.4 Å². The topological polar surface area (TPSA) is 82.2 Å². The van der Waals surface area contributed by atoms with E-state index in [2.05, 4.69) is 41.3 Å². The molecule has 7 nitrogen and oxygen atoms in total. The summed E-state index contributed by atoms with van der Waals surface area (Å²) in [6.07, 6.45) is 6.05. The fraction of sp³-hybridized carbons (Fsp3) is 0.346. The number of aliphatic hydroxyl groups excluding tert-OH is 1. The molecule has 0 aliphatic carbocycles. The van der Waals surface area contributed by atoms with Crippen LogP contribution in [0.4, 0.5) is 0 Å². The first kappa shape index (κ1) is 21.6. The normalized spacial score (nSPS) is 18.7. The summed E-state index contributed by atoms with van der Waals surface area (Å²) in [6, 6.07) is 10.1. The second-order valence-electron chi connectivity index (χ2n) is 8.91. The molecule has 1 fully saturated rings. The predicted molar refractivity (Wildman–Crippen MR) is 127 cm³/mol. The molecule has 0 unspecified atom stereocenters. The Bertz CT molecular complexity index is 1370. The molecule has 1 N–H and O–H groups in total. The van der Waals surface area contributed by atoms with Crippen LogP contribution in [0.5, 0.6) is 0 Å². The molecule has 0 spiro atoms. The molecule has 1 aliphatic heterocycles. The van der Waals surface area contributed by atoms with Crippen LogP contribution >= 0.6 is 0 Å². The summed E-state index contributed by atoms with van der Waals surface area (Å²) in [5.74, 6) is 0. The molecule has 1 aliphatic rings. The lowest BCUT2D eigenvalue weighted by Crippen LogP contribution is -2.39. The van der Waals surface area contributed by atoms with Gasteiger partial charge >= 0.3 is 0 Å². The molecule has 4 aromatic rings. The molecule has 2 aromatic heterocycles. The van der Waals surface area contributed by atoms with E-state index in [1.165, 1.54) is 5.56 Å². The Balaban J connectivity index is 1.51. The van der Waals surface area contributed by atoms with E-state index in [1.807, 2.05) is 32.4 Å². The van der Waals surface area contributed by atoms with Crippen molar-refractivity contribution in [1.82, 2.24) is 19.3 Å². The van der Waals surface area contributed by atoms with Crippen molar-refractivity contribution in [2.24, 2.45) is 7.05 Å². The lowest BCUT2D eigenvalue weighted by molar-refractivity contribution is -0.0395. The zero-order valence-electron chi connectivity index (χ0n) is 19.2. The number of rotatable bonds is 4. The van der Waals surface area contributed by atoms with Gasteiger partial charge in [0.25, 0.3) is 5.56 Å². The van der Waals surface area contributed by atoms with Crippen LogP contribution in [-0.2, 0) is 18.2 Å². The third-order valence-corrected chi connectivity index (χ3v) is 6.78. The van der Waals surface area contributed by atoms with Crippen molar-refractivity contribution in [3.8, 4) is 11.1 Å². The van der Waals surface area contributed by atoms with Crippen molar-refractivity contribution in [2.75, 3.05) is 13.2 Å². The molecule has 3 heterocycles. The first-order valence-corrected chi connectivity index (χ1v) is 11.3. The highest BCUT2D eigenvalue weighted by molar-refractivity contribution is 5.83. The van der Waals surface area contributed by atoms with Crippen LogP contribution in [0, 0.1) is 13.8 Å². The van der Waals surface area contributed by atoms with Gasteiger partial charge in [0.2, 0.25) is 0 Å². The number of benzene rings is 2. The summed E-state index contributed by atoms with van der Waals surface area (Å²) in [4.78, 5) is 18.0. The Morgan fingerprint density at radius 2 is 1.94 bits per heavy atom. The van der Waals surface area contributed by atoms with Gasteiger partial charge in [-0.25, -0.2) is 4.98 Å². The van der Waals surface area contributed by atoms with Crippen LogP contribution in [0.3, 0.4) is 0 Å². The maximum atomic E-state index is 13.4. The van der Waals surface area contributed by atoms with Crippen LogP contribution in [0.15, 0.2) is 53.8 Å². The van der Waals surface area contributed by atoms with Gasteiger partial charge in [-0.15, -0.1) is 0 Å². The van der Waals surface area contributed by atoms with E-state index in [1.54, 1.807) is 15.6 Å². The molecule has 1 saturated heterocycles. The molecule has 5 rings (SSSR count). The molecule has 0 saturated carbocycles. The largest absolute Gasteiger partial charge is 0.389 e. The molecule has 7 heteroatoms. The first-order chi connectivity index (χ1) is 15.9. The Morgan fingerprint density at radius 3 is 2.64 bits per heavy atom. The van der Waals surface area contributed by atoms with E-state index in [0.29, 0.717) is 18.4 Å². The molecular weight excluding hydrogens is 416 g/mol. The average molecular weight is 445 g/mol. The summed E-state index contributed by atoms with van der Waals surface area (Å²) in [5, 5.41) is 15.2. The summed E-state index contributed by atoms with van der Waals surface area (Å²) >= 11 is 0. The number of aryl methyl sites for hydroxylation is 2. The van der Waals surface area contributed by atoms with Gasteiger partial charge in [0.05, 0.1) is 42.2 Å². The minimum Gasteiger partial charge on any atom is -0.389 e. The van der Waals surface area contributed by atoms with Gasteiger partial charge < -0.3 is 9.84 Å². The Labute approximate surface area is 192 Å². The van der Waals surface area contributed by atoms with Gasteiger partial charge in [0.15, 0.2) is 0 Å². The monoisotopic (exact) mass is 444 g/mol. The second kappa shape index (κ2) is 8.57. The van der Waals surface area contributed by atoms with Gasteiger partial charge in [-0.2, -0.15) is 5.10 Å². The van der Waals surface area contributed by atoms with Crippen LogP contribution in [0.1, 0.15) is 34.7 Å². The third kappa shape index (κ3) is 3.98. The molecular formula is C26H28N4O3. The summed E-state index contributed by atoms with van der Waals surface area (Å²) < 4.78 is 8.70. The molecule has 0 radical (unpaired) electrons. The molecule has 33 heavy (non-hydrogen) atoms. The van der Waals surface area contributed by atoms with Crippen molar-refractivity contribution < 1.29 is 9.84 Å². The summed E-state index contributed by atoms with van der Waals surface area (Å²) in [6.45, 7) is 4.87. The number of nitrogens with zero attached hydrogens (tertiary/aromatic N) is 4. The first-order valence-electron chi connectivity index (χ1n) is 11.3. The highest BCUT2D eigenvalue weighted by Crippen LogP contribution is 2.26. The van der Waals surface area contributed by atoms with Gasteiger partial charge in [-0.05, 0) is 60.6 Å². The van der Waals surface area contributed by atoms with E-state index >= 15 is 0 Å². The third-order valence-electron chi connectivity index (χ3n) is 6.78.